The molecule has 0 atom stereocenters. The number of rotatable bonds is 17. The van der Waals surface area contributed by atoms with Crippen LogP contribution in [0.1, 0.15) is 202 Å². The van der Waals surface area contributed by atoms with Gasteiger partial charge >= 0.3 is 0 Å². The lowest BCUT2D eigenvalue weighted by atomic mass is 9.90. The van der Waals surface area contributed by atoms with Crippen LogP contribution in [0.2, 0.25) is 0 Å². The summed E-state index contributed by atoms with van der Waals surface area (Å²) in [5, 5.41) is 0. The molecule has 0 nitrogen and oxygen atoms in total. The molecule has 12 aromatic rings. The van der Waals surface area contributed by atoms with Crippen molar-refractivity contribution >= 4 is 0 Å². The average molecular weight is 1620 g/mol. The van der Waals surface area contributed by atoms with Crippen LogP contribution in [0.5, 0.6) is 0 Å². The zero-order valence-corrected chi connectivity index (χ0v) is 79.8. The Kier molecular flexibility index (Phi) is 63.1. The molecule has 0 aromatic heterocycles. The molecule has 642 valence electrons. The highest BCUT2D eigenvalue weighted by Crippen LogP contribution is 2.36. The Bertz CT molecular complexity index is 4750. The van der Waals surface area contributed by atoms with Crippen LogP contribution in [-0.4, -0.2) is 0 Å². The molecule has 0 aliphatic heterocycles. The fraction of sp³-hybridized carbons (Fsp3) is 0.262. The summed E-state index contributed by atoms with van der Waals surface area (Å²) in [6, 6.07) is 103. The summed E-state index contributed by atoms with van der Waals surface area (Å²) in [6.45, 7) is 50.7. The number of hydrogen-bond donors (Lipinski definition) is 0. The maximum Gasteiger partial charge on any atom is -0.0103 e. The molecular formula is C122H154. The minimum atomic E-state index is 1.09. The molecule has 0 aliphatic carbocycles. The van der Waals surface area contributed by atoms with E-state index in [0.29, 0.717) is 0 Å². The van der Waals surface area contributed by atoms with Gasteiger partial charge in [-0.1, -0.05) is 456 Å². The van der Waals surface area contributed by atoms with Crippen molar-refractivity contribution in [1.29, 1.82) is 0 Å². The zero-order valence-electron chi connectivity index (χ0n) is 79.8. The van der Waals surface area contributed by atoms with E-state index < -0.39 is 0 Å². The Labute approximate surface area is 746 Å². The summed E-state index contributed by atoms with van der Waals surface area (Å²) >= 11 is 0. The van der Waals surface area contributed by atoms with Crippen LogP contribution >= 0.6 is 0 Å². The fourth-order valence-electron chi connectivity index (χ4n) is 12.7. The van der Waals surface area contributed by atoms with E-state index in [1.807, 2.05) is 140 Å². The minimum Gasteiger partial charge on any atom is -0.0919 e. The summed E-state index contributed by atoms with van der Waals surface area (Å²) in [5.41, 5.74) is 32.9. The Morgan fingerprint density at radius 1 is 0.148 bits per heavy atom. The summed E-state index contributed by atoms with van der Waals surface area (Å²) in [6.07, 6.45) is 45.4. The molecule has 0 saturated carbocycles. The summed E-state index contributed by atoms with van der Waals surface area (Å²) in [7, 11) is 0. The summed E-state index contributed by atoms with van der Waals surface area (Å²) in [5.74, 6) is 0. The predicted octanol–water partition coefficient (Wildman–Crippen LogP) is 36.9. The molecule has 0 saturated heterocycles. The number of benzene rings is 12. The normalized spacial score (nSPS) is 10.4. The van der Waals surface area contributed by atoms with Crippen molar-refractivity contribution in [1.82, 2.24) is 0 Å². The van der Waals surface area contributed by atoms with Crippen LogP contribution in [0.15, 0.2) is 401 Å². The molecule has 0 radical (unpaired) electrons. The Hall–Kier alpha value is -11.7. The SMILES string of the molecule is C/C=C\C.C/C=C\C=C/C.C/C=C\C=C/CC.C/C=C\CC.CCc1ccccc1-c1ccccc1C.CCc1ccccc1-c1ccccc1CC.CCc1ccccc1C.CCc1ccccc1CC.C\C=C/C=C\C=C/C.Cc1ccccc1-c1ccccc1-c1ccccc1C.Cc1ccccc1-c1ccccc1C.Cc1ccccc1C. The molecule has 0 bridgehead atoms. The van der Waals surface area contributed by atoms with Crippen LogP contribution in [0.3, 0.4) is 0 Å². The molecule has 0 spiro atoms. The number of hydrogen-bond acceptors (Lipinski definition) is 0. The first kappa shape index (κ1) is 108. The highest BCUT2D eigenvalue weighted by atomic mass is 14.2. The molecule has 0 heteroatoms. The Balaban J connectivity index is 0.000000683. The molecule has 0 unspecified atom stereocenters. The highest BCUT2D eigenvalue weighted by molar-refractivity contribution is 5.86. The first-order chi connectivity index (χ1) is 59.3. The zero-order chi connectivity index (χ0) is 90.2. The van der Waals surface area contributed by atoms with Crippen molar-refractivity contribution in [2.75, 3.05) is 0 Å². The Morgan fingerprint density at radius 3 is 0.549 bits per heavy atom. The van der Waals surface area contributed by atoms with Gasteiger partial charge in [-0.25, -0.2) is 0 Å². The van der Waals surface area contributed by atoms with Gasteiger partial charge in [0.25, 0.3) is 0 Å². The average Bonchev–Trinajstić information content (AvgIpc) is 0.784. The van der Waals surface area contributed by atoms with Crippen molar-refractivity contribution in [2.45, 2.75) is 218 Å². The minimum absolute atomic E-state index is 1.09. The Morgan fingerprint density at radius 2 is 0.336 bits per heavy atom. The smallest absolute Gasteiger partial charge is 0.0103 e. The summed E-state index contributed by atoms with van der Waals surface area (Å²) in [4.78, 5) is 0. The van der Waals surface area contributed by atoms with E-state index in [-0.39, 0.29) is 0 Å². The largest absolute Gasteiger partial charge is 0.0919 e. The van der Waals surface area contributed by atoms with Gasteiger partial charge in [-0.2, -0.15) is 0 Å². The quantitative estimate of drug-likeness (QED) is 0.0630. The van der Waals surface area contributed by atoms with Crippen molar-refractivity contribution < 1.29 is 0 Å². The predicted molar refractivity (Wildman–Crippen MR) is 555 cm³/mol. The lowest BCUT2D eigenvalue weighted by Crippen LogP contribution is -1.91. The van der Waals surface area contributed by atoms with Crippen molar-refractivity contribution in [2.24, 2.45) is 0 Å². The van der Waals surface area contributed by atoms with Crippen molar-refractivity contribution in [3.63, 3.8) is 0 Å². The number of aryl methyl sites for hydroxylation is 14. The molecule has 12 aromatic carbocycles. The van der Waals surface area contributed by atoms with E-state index in [1.54, 1.807) is 0 Å². The van der Waals surface area contributed by atoms with Gasteiger partial charge < -0.3 is 0 Å². The van der Waals surface area contributed by atoms with E-state index in [2.05, 4.69) is 426 Å². The van der Waals surface area contributed by atoms with Crippen LogP contribution < -0.4 is 0 Å². The monoisotopic (exact) mass is 1620 g/mol. The van der Waals surface area contributed by atoms with E-state index in [4.69, 9.17) is 0 Å². The number of allylic oxidation sites excluding steroid dienone is 18. The van der Waals surface area contributed by atoms with Crippen molar-refractivity contribution in [3.05, 3.63) is 478 Å². The van der Waals surface area contributed by atoms with Crippen LogP contribution in [0.25, 0.3) is 55.6 Å². The molecule has 0 fully saturated rings. The van der Waals surface area contributed by atoms with Gasteiger partial charge in [0.05, 0.1) is 0 Å². The molecule has 12 rings (SSSR count). The standard InChI is InChI=1S/C20H18.C16H18.C15H16.C14H14.C10H14.C9H12.C8H10.C8H12.C7H12.C6H10.C5H10.C4H8/c1-15-9-3-5-11-17(15)19-13-7-8-14-20(19)18-12-6-4-10-16(18)2;1-3-13-9-5-7-11-15(13)16-12-8-6-10-14(16)4-2;1-3-13-9-5-7-11-15(13)14-10-6-4-8-12(14)2;1-11-7-3-5-9-13(11)14-10-6-4-8-12(14)2;1-3-9-7-5-6-8-10(9)4-2;1-3-9-7-5-4-6-8(9)2;1-7-5-3-4-6-8(7)2;1-3-5-7-8-6-4-2;1-3-5-7-6-4-2;1-3-5-6-4-2;1-3-5-4-2;1-3-4-2/h3-14H,1-2H3;5-12H,3-4H2,1-2H3;4-11H,3H2,1-2H3;3-10H,1-2H3;5-8H,3-4H2,1-2H3;4-7H,3H2,1-2H3;3-6H,1-2H3;3-8H,1-2H3;3,5-7H,4H2,1-2H3;3-6H,1-2H3;3,5H,4H2,1-2H3;3-4H,1-2H3/b;;;;;;;5-3-,6-4-,8-7-;5-3-,7-6-;5-3-,6-4-;5-3-;4-3-. The second kappa shape index (κ2) is 71.1. The third kappa shape index (κ3) is 44.5. The van der Waals surface area contributed by atoms with Gasteiger partial charge in [0.1, 0.15) is 0 Å². The maximum absolute atomic E-state index is 2.23. The second-order valence-corrected chi connectivity index (χ2v) is 29.0. The highest BCUT2D eigenvalue weighted by Gasteiger charge is 2.11. The third-order valence-electron chi connectivity index (χ3n) is 19.9. The lowest BCUT2D eigenvalue weighted by molar-refractivity contribution is 1.04. The fourth-order valence-corrected chi connectivity index (χ4v) is 12.7. The molecule has 0 aliphatic rings. The van der Waals surface area contributed by atoms with Gasteiger partial charge in [-0.3, -0.25) is 0 Å². The molecule has 0 amide bonds. The van der Waals surface area contributed by atoms with E-state index in [1.165, 1.54) is 134 Å². The molecule has 0 heterocycles. The molecular weight excluding hydrogens is 1470 g/mol. The summed E-state index contributed by atoms with van der Waals surface area (Å²) < 4.78 is 0. The van der Waals surface area contributed by atoms with E-state index in [0.717, 1.165) is 51.4 Å². The molecule has 0 N–H and O–H groups in total. The first-order valence-corrected chi connectivity index (χ1v) is 44.7. The van der Waals surface area contributed by atoms with Crippen molar-refractivity contribution in [3.8, 4) is 55.6 Å². The van der Waals surface area contributed by atoms with Gasteiger partial charge in [-0.05, 0) is 296 Å². The maximum atomic E-state index is 2.23. The second-order valence-electron chi connectivity index (χ2n) is 29.0. The van der Waals surface area contributed by atoms with Gasteiger partial charge in [0.2, 0.25) is 0 Å². The van der Waals surface area contributed by atoms with E-state index >= 15 is 0 Å². The first-order valence-electron chi connectivity index (χ1n) is 44.7. The van der Waals surface area contributed by atoms with Crippen LogP contribution in [-0.2, 0) is 38.5 Å². The van der Waals surface area contributed by atoms with Gasteiger partial charge in [0.15, 0.2) is 0 Å². The molecule has 122 heavy (non-hydrogen) atoms. The van der Waals surface area contributed by atoms with Gasteiger partial charge in [-0.15, -0.1) is 0 Å². The van der Waals surface area contributed by atoms with Crippen LogP contribution in [0.4, 0.5) is 0 Å². The van der Waals surface area contributed by atoms with Crippen LogP contribution in [0, 0.1) is 55.4 Å². The third-order valence-corrected chi connectivity index (χ3v) is 19.9. The topological polar surface area (TPSA) is 0 Å². The van der Waals surface area contributed by atoms with Gasteiger partial charge in [0, 0.05) is 0 Å². The van der Waals surface area contributed by atoms with E-state index in [9.17, 15) is 0 Å². The lowest BCUT2D eigenvalue weighted by Gasteiger charge is -2.14.